The van der Waals surface area contributed by atoms with E-state index in [-0.39, 0.29) is 0 Å². The van der Waals surface area contributed by atoms with E-state index in [0.29, 0.717) is 11.0 Å². The minimum absolute atomic E-state index is 0.521. The van der Waals surface area contributed by atoms with Crippen LogP contribution in [0.4, 0.5) is 0 Å². The van der Waals surface area contributed by atoms with E-state index in [2.05, 4.69) is 27.3 Å². The van der Waals surface area contributed by atoms with Gasteiger partial charge in [-0.1, -0.05) is 18.5 Å². The van der Waals surface area contributed by atoms with Gasteiger partial charge in [-0.3, -0.25) is 0 Å². The maximum atomic E-state index is 5.76. The van der Waals surface area contributed by atoms with Crippen LogP contribution >= 0.6 is 11.6 Å². The number of aromatic nitrogens is 4. The Balaban J connectivity index is 2.13. The zero-order valence-electron chi connectivity index (χ0n) is 8.89. The Morgan fingerprint density at radius 3 is 2.62 bits per heavy atom. The summed E-state index contributed by atoms with van der Waals surface area (Å²) < 4.78 is 1.54. The van der Waals surface area contributed by atoms with Gasteiger partial charge in [0.1, 0.15) is 0 Å². The van der Waals surface area contributed by atoms with Gasteiger partial charge in [0.2, 0.25) is 5.95 Å². The lowest BCUT2D eigenvalue weighted by Gasteiger charge is -2.02. The maximum Gasteiger partial charge on any atom is 0.250 e. The topological polar surface area (TPSA) is 55.6 Å². The maximum absolute atomic E-state index is 5.76. The van der Waals surface area contributed by atoms with Crippen LogP contribution in [0, 0.1) is 0 Å². The Labute approximate surface area is 98.5 Å². The molecule has 0 aliphatic carbocycles. The Morgan fingerprint density at radius 2 is 2.06 bits per heavy atom. The van der Waals surface area contributed by atoms with E-state index in [4.69, 9.17) is 11.6 Å². The summed E-state index contributed by atoms with van der Waals surface area (Å²) in [7, 11) is 0. The fraction of sp³-hybridized carbons (Fsp3) is 0.300. The van der Waals surface area contributed by atoms with Crippen LogP contribution in [0.3, 0.4) is 0 Å². The molecule has 2 rings (SSSR count). The van der Waals surface area contributed by atoms with Crippen molar-refractivity contribution in [3.63, 3.8) is 0 Å². The second-order valence-electron chi connectivity index (χ2n) is 3.27. The lowest BCUT2D eigenvalue weighted by molar-refractivity contribution is 0.715. The third-order valence-electron chi connectivity index (χ3n) is 2.03. The van der Waals surface area contributed by atoms with Crippen LogP contribution < -0.4 is 5.32 Å². The van der Waals surface area contributed by atoms with Crippen molar-refractivity contribution >= 4 is 11.6 Å². The minimum atomic E-state index is 0.521. The molecule has 84 valence electrons. The second kappa shape index (κ2) is 5.05. The molecule has 1 N–H and O–H groups in total. The van der Waals surface area contributed by atoms with Gasteiger partial charge < -0.3 is 5.32 Å². The second-order valence-corrected chi connectivity index (χ2v) is 3.71. The lowest BCUT2D eigenvalue weighted by atomic mass is 10.3. The number of nitrogens with one attached hydrogen (secondary N) is 1. The summed E-state index contributed by atoms with van der Waals surface area (Å²) in [4.78, 5) is 8.41. The Bertz CT molecular complexity index is 450. The highest BCUT2D eigenvalue weighted by Crippen LogP contribution is 2.08. The van der Waals surface area contributed by atoms with Gasteiger partial charge in [0.25, 0.3) is 0 Å². The number of hydrogen-bond donors (Lipinski definition) is 1. The van der Waals surface area contributed by atoms with Gasteiger partial charge in [-0.25, -0.2) is 14.6 Å². The molecule has 16 heavy (non-hydrogen) atoms. The molecule has 0 bridgehead atoms. The average Bonchev–Trinajstić information content (AvgIpc) is 2.74. The molecule has 6 heteroatoms. The molecule has 0 saturated carbocycles. The summed E-state index contributed by atoms with van der Waals surface area (Å²) in [5.74, 6) is 0.521. The van der Waals surface area contributed by atoms with Crippen LogP contribution in [0.2, 0.25) is 5.02 Å². The normalized spacial score (nSPS) is 10.6. The Hall–Kier alpha value is -1.46. The molecule has 5 nitrogen and oxygen atoms in total. The van der Waals surface area contributed by atoms with Crippen molar-refractivity contribution in [1.29, 1.82) is 0 Å². The van der Waals surface area contributed by atoms with Gasteiger partial charge in [0, 0.05) is 24.5 Å². The first-order valence-corrected chi connectivity index (χ1v) is 5.39. The average molecular weight is 238 g/mol. The highest BCUT2D eigenvalue weighted by atomic mass is 35.5. The molecule has 0 aliphatic heterocycles. The van der Waals surface area contributed by atoms with Crippen molar-refractivity contribution in [2.45, 2.75) is 13.5 Å². The van der Waals surface area contributed by atoms with E-state index in [1.807, 2.05) is 0 Å². The van der Waals surface area contributed by atoms with Crippen molar-refractivity contribution in [1.82, 2.24) is 25.1 Å². The van der Waals surface area contributed by atoms with Crippen LogP contribution in [-0.4, -0.2) is 26.3 Å². The molecule has 2 heterocycles. The fourth-order valence-electron chi connectivity index (χ4n) is 1.24. The molecular formula is C10H12ClN5. The highest BCUT2D eigenvalue weighted by Gasteiger charge is 2.01. The van der Waals surface area contributed by atoms with E-state index in [1.165, 1.54) is 0 Å². The fourth-order valence-corrected chi connectivity index (χ4v) is 1.37. The standard InChI is InChI=1S/C10H12ClN5/c1-2-12-3-8-4-13-10(14-5-8)16-7-9(11)6-15-16/h4-7,12H,2-3H2,1H3. The summed E-state index contributed by atoms with van der Waals surface area (Å²) in [6.45, 7) is 3.76. The van der Waals surface area contributed by atoms with Gasteiger partial charge in [-0.05, 0) is 6.54 Å². The third kappa shape index (κ3) is 2.56. The summed E-state index contributed by atoms with van der Waals surface area (Å²) in [5, 5.41) is 7.80. The van der Waals surface area contributed by atoms with Gasteiger partial charge in [0.15, 0.2) is 0 Å². The predicted octanol–water partition coefficient (Wildman–Crippen LogP) is 1.43. The van der Waals surface area contributed by atoms with E-state index in [1.54, 1.807) is 29.5 Å². The van der Waals surface area contributed by atoms with Crippen molar-refractivity contribution in [2.24, 2.45) is 0 Å². The molecule has 0 amide bonds. The molecule has 2 aromatic rings. The molecule has 2 aromatic heterocycles. The first-order chi connectivity index (χ1) is 7.79. The molecule has 0 atom stereocenters. The van der Waals surface area contributed by atoms with Crippen molar-refractivity contribution < 1.29 is 0 Å². The monoisotopic (exact) mass is 237 g/mol. The molecule has 0 aromatic carbocycles. The number of halogens is 1. The number of hydrogen-bond acceptors (Lipinski definition) is 4. The zero-order chi connectivity index (χ0) is 11.4. The molecule has 0 aliphatic rings. The first-order valence-electron chi connectivity index (χ1n) is 5.02. The molecular weight excluding hydrogens is 226 g/mol. The lowest BCUT2D eigenvalue weighted by Crippen LogP contribution is -2.12. The van der Waals surface area contributed by atoms with E-state index in [0.717, 1.165) is 18.7 Å². The largest absolute Gasteiger partial charge is 0.313 e. The van der Waals surface area contributed by atoms with Gasteiger partial charge in [-0.15, -0.1) is 0 Å². The summed E-state index contributed by atoms with van der Waals surface area (Å²) in [6.07, 6.45) is 6.78. The molecule has 0 fully saturated rings. The first kappa shape index (κ1) is 11.0. The summed E-state index contributed by atoms with van der Waals surface area (Å²) in [6, 6.07) is 0. The SMILES string of the molecule is CCNCc1cnc(-n2cc(Cl)cn2)nc1. The van der Waals surface area contributed by atoms with Crippen LogP contribution in [0.1, 0.15) is 12.5 Å². The van der Waals surface area contributed by atoms with Crippen molar-refractivity contribution in [2.75, 3.05) is 6.54 Å². The van der Waals surface area contributed by atoms with E-state index < -0.39 is 0 Å². The van der Waals surface area contributed by atoms with Crippen molar-refractivity contribution in [3.05, 3.63) is 35.4 Å². The smallest absolute Gasteiger partial charge is 0.250 e. The van der Waals surface area contributed by atoms with Crippen LogP contribution in [0.5, 0.6) is 0 Å². The molecule has 0 unspecified atom stereocenters. The molecule has 0 radical (unpaired) electrons. The quantitative estimate of drug-likeness (QED) is 0.874. The third-order valence-corrected chi connectivity index (χ3v) is 2.22. The highest BCUT2D eigenvalue weighted by molar-refractivity contribution is 6.30. The minimum Gasteiger partial charge on any atom is -0.313 e. The van der Waals surface area contributed by atoms with Gasteiger partial charge in [-0.2, -0.15) is 5.10 Å². The number of nitrogens with zero attached hydrogens (tertiary/aromatic N) is 4. The predicted molar refractivity (Wildman–Crippen MR) is 61.5 cm³/mol. The van der Waals surface area contributed by atoms with Gasteiger partial charge >= 0.3 is 0 Å². The van der Waals surface area contributed by atoms with Crippen LogP contribution in [0.25, 0.3) is 5.95 Å². The Kier molecular flexibility index (Phi) is 3.48. The number of rotatable bonds is 4. The van der Waals surface area contributed by atoms with E-state index >= 15 is 0 Å². The molecule has 0 saturated heterocycles. The van der Waals surface area contributed by atoms with E-state index in [9.17, 15) is 0 Å². The van der Waals surface area contributed by atoms with Crippen LogP contribution in [-0.2, 0) is 6.54 Å². The van der Waals surface area contributed by atoms with Crippen LogP contribution in [0.15, 0.2) is 24.8 Å². The zero-order valence-corrected chi connectivity index (χ0v) is 9.65. The summed E-state index contributed by atoms with van der Waals surface area (Å²) in [5.41, 5.74) is 1.05. The van der Waals surface area contributed by atoms with Gasteiger partial charge in [0.05, 0.1) is 17.4 Å². The molecule has 0 spiro atoms. The van der Waals surface area contributed by atoms with Crippen molar-refractivity contribution in [3.8, 4) is 5.95 Å². The summed E-state index contributed by atoms with van der Waals surface area (Å²) >= 11 is 5.76. The Morgan fingerprint density at radius 1 is 1.31 bits per heavy atom.